The Bertz CT molecular complexity index is 982. The Morgan fingerprint density at radius 3 is 2.35 bits per heavy atom. The van der Waals surface area contributed by atoms with E-state index in [9.17, 15) is 0 Å². The molecule has 4 heteroatoms. The standard InChI is InChI=1S/C19H15N3S/c20-14-10-8-13(9-11-14)18-17(22-19(21)23-18)16-7-3-5-12-4-1-2-6-15(12)16/h1-11H,20H2,(H2,21,22). The molecule has 0 saturated heterocycles. The van der Waals surface area contributed by atoms with E-state index in [1.54, 1.807) is 0 Å². The average Bonchev–Trinajstić information content (AvgIpc) is 2.96. The largest absolute Gasteiger partial charge is 0.399 e. The summed E-state index contributed by atoms with van der Waals surface area (Å²) in [5, 5.41) is 2.94. The Hall–Kier alpha value is -2.85. The summed E-state index contributed by atoms with van der Waals surface area (Å²) in [6.45, 7) is 0. The summed E-state index contributed by atoms with van der Waals surface area (Å²) in [6.07, 6.45) is 0. The number of nitrogens with two attached hydrogens (primary N) is 2. The van der Waals surface area contributed by atoms with E-state index in [1.807, 2.05) is 36.4 Å². The zero-order valence-electron chi connectivity index (χ0n) is 12.4. The van der Waals surface area contributed by atoms with Gasteiger partial charge in [-0.1, -0.05) is 65.9 Å². The predicted octanol–water partition coefficient (Wildman–Crippen LogP) is 4.79. The second kappa shape index (κ2) is 5.41. The number of nitrogens with zero attached hydrogens (tertiary/aromatic N) is 1. The molecule has 0 amide bonds. The lowest BCUT2D eigenvalue weighted by Gasteiger charge is -2.07. The first kappa shape index (κ1) is 13.8. The van der Waals surface area contributed by atoms with Gasteiger partial charge in [-0.2, -0.15) is 0 Å². The quantitative estimate of drug-likeness (QED) is 0.522. The lowest BCUT2D eigenvalue weighted by molar-refractivity contribution is 1.42. The van der Waals surface area contributed by atoms with Gasteiger partial charge in [-0.3, -0.25) is 0 Å². The Labute approximate surface area is 138 Å². The molecule has 0 aliphatic heterocycles. The number of benzene rings is 3. The molecule has 4 rings (SSSR count). The van der Waals surface area contributed by atoms with E-state index in [2.05, 4.69) is 35.3 Å². The van der Waals surface area contributed by atoms with E-state index in [4.69, 9.17) is 11.5 Å². The van der Waals surface area contributed by atoms with Crippen molar-refractivity contribution in [3.63, 3.8) is 0 Å². The summed E-state index contributed by atoms with van der Waals surface area (Å²) in [4.78, 5) is 5.66. The Balaban J connectivity index is 1.97. The number of aromatic nitrogens is 1. The maximum absolute atomic E-state index is 6.01. The van der Waals surface area contributed by atoms with E-state index in [0.29, 0.717) is 5.13 Å². The van der Waals surface area contributed by atoms with Crippen molar-refractivity contribution >= 4 is 32.9 Å². The van der Waals surface area contributed by atoms with E-state index in [0.717, 1.165) is 27.4 Å². The van der Waals surface area contributed by atoms with Gasteiger partial charge in [0.05, 0.1) is 10.6 Å². The molecule has 0 aliphatic rings. The molecule has 1 heterocycles. The van der Waals surface area contributed by atoms with Crippen LogP contribution in [-0.2, 0) is 0 Å². The minimum atomic E-state index is 0.569. The van der Waals surface area contributed by atoms with Crippen molar-refractivity contribution in [3.05, 3.63) is 66.7 Å². The minimum Gasteiger partial charge on any atom is -0.399 e. The van der Waals surface area contributed by atoms with E-state index < -0.39 is 0 Å². The molecule has 4 aromatic rings. The molecule has 0 spiro atoms. The van der Waals surface area contributed by atoms with Crippen molar-refractivity contribution in [2.75, 3.05) is 11.5 Å². The van der Waals surface area contributed by atoms with Gasteiger partial charge in [-0.15, -0.1) is 0 Å². The van der Waals surface area contributed by atoms with Gasteiger partial charge in [0.2, 0.25) is 0 Å². The van der Waals surface area contributed by atoms with Gasteiger partial charge >= 0.3 is 0 Å². The van der Waals surface area contributed by atoms with E-state index in [1.165, 1.54) is 22.1 Å². The van der Waals surface area contributed by atoms with Crippen LogP contribution in [0.2, 0.25) is 0 Å². The molecule has 0 unspecified atom stereocenters. The van der Waals surface area contributed by atoms with Crippen LogP contribution in [0, 0.1) is 0 Å². The molecule has 0 fully saturated rings. The summed E-state index contributed by atoms with van der Waals surface area (Å²) in [5.74, 6) is 0. The third-order valence-electron chi connectivity index (χ3n) is 3.86. The van der Waals surface area contributed by atoms with Crippen LogP contribution in [0.4, 0.5) is 10.8 Å². The van der Waals surface area contributed by atoms with Crippen LogP contribution >= 0.6 is 11.3 Å². The number of thiazole rings is 1. The first-order valence-corrected chi connectivity index (χ1v) is 8.14. The smallest absolute Gasteiger partial charge is 0.181 e. The average molecular weight is 317 g/mol. The molecular weight excluding hydrogens is 302 g/mol. The SMILES string of the molecule is Nc1ccc(-c2sc(N)nc2-c2cccc3ccccc23)cc1. The molecule has 112 valence electrons. The second-order valence-corrected chi connectivity index (χ2v) is 6.41. The first-order chi connectivity index (χ1) is 11.2. The minimum absolute atomic E-state index is 0.569. The van der Waals surface area contributed by atoms with Crippen LogP contribution in [0.25, 0.3) is 32.5 Å². The van der Waals surface area contributed by atoms with Crippen molar-refractivity contribution in [1.29, 1.82) is 0 Å². The molecule has 3 aromatic carbocycles. The number of nitrogen functional groups attached to an aromatic ring is 2. The normalized spacial score (nSPS) is 11.0. The lowest BCUT2D eigenvalue weighted by atomic mass is 10.00. The molecule has 3 nitrogen and oxygen atoms in total. The number of rotatable bonds is 2. The molecule has 0 saturated carbocycles. The van der Waals surface area contributed by atoms with Gasteiger partial charge in [-0.05, 0) is 28.5 Å². The summed E-state index contributed by atoms with van der Waals surface area (Å²) in [6, 6.07) is 22.4. The number of anilines is 2. The monoisotopic (exact) mass is 317 g/mol. The second-order valence-electron chi connectivity index (χ2n) is 5.38. The maximum atomic E-state index is 6.01. The topological polar surface area (TPSA) is 64.9 Å². The maximum Gasteiger partial charge on any atom is 0.181 e. The van der Waals surface area contributed by atoms with Gasteiger partial charge in [0, 0.05) is 11.3 Å². The summed E-state index contributed by atoms with van der Waals surface area (Å²) >= 11 is 1.50. The van der Waals surface area contributed by atoms with Crippen LogP contribution in [-0.4, -0.2) is 4.98 Å². The summed E-state index contributed by atoms with van der Waals surface area (Å²) in [7, 11) is 0. The Kier molecular flexibility index (Phi) is 3.24. The first-order valence-electron chi connectivity index (χ1n) is 7.33. The highest BCUT2D eigenvalue weighted by atomic mass is 32.1. The van der Waals surface area contributed by atoms with Crippen LogP contribution in [0.3, 0.4) is 0 Å². The fraction of sp³-hybridized carbons (Fsp3) is 0. The van der Waals surface area contributed by atoms with Crippen LogP contribution in [0.15, 0.2) is 66.7 Å². The van der Waals surface area contributed by atoms with Crippen molar-refractivity contribution < 1.29 is 0 Å². The highest BCUT2D eigenvalue weighted by Crippen LogP contribution is 2.40. The third kappa shape index (κ3) is 2.43. The zero-order valence-corrected chi connectivity index (χ0v) is 13.2. The van der Waals surface area contributed by atoms with E-state index >= 15 is 0 Å². The summed E-state index contributed by atoms with van der Waals surface area (Å²) in [5.41, 5.74) is 15.7. The Morgan fingerprint density at radius 1 is 0.783 bits per heavy atom. The number of fused-ring (bicyclic) bond motifs is 1. The van der Waals surface area contributed by atoms with Gasteiger partial charge in [0.25, 0.3) is 0 Å². The van der Waals surface area contributed by atoms with Crippen molar-refractivity contribution in [2.24, 2.45) is 0 Å². The van der Waals surface area contributed by atoms with Crippen molar-refractivity contribution in [2.45, 2.75) is 0 Å². The predicted molar refractivity (Wildman–Crippen MR) is 99.3 cm³/mol. The van der Waals surface area contributed by atoms with Gasteiger partial charge in [0.15, 0.2) is 5.13 Å². The van der Waals surface area contributed by atoms with E-state index in [-0.39, 0.29) is 0 Å². The molecule has 0 aliphatic carbocycles. The van der Waals surface area contributed by atoms with Crippen LogP contribution in [0.1, 0.15) is 0 Å². The molecule has 0 radical (unpaired) electrons. The summed E-state index contributed by atoms with van der Waals surface area (Å²) < 4.78 is 0. The molecule has 0 bridgehead atoms. The zero-order chi connectivity index (χ0) is 15.8. The molecular formula is C19H15N3S. The number of hydrogen-bond donors (Lipinski definition) is 2. The van der Waals surface area contributed by atoms with Crippen LogP contribution < -0.4 is 11.5 Å². The number of hydrogen-bond acceptors (Lipinski definition) is 4. The third-order valence-corrected chi connectivity index (χ3v) is 4.79. The molecule has 4 N–H and O–H groups in total. The fourth-order valence-corrected chi connectivity index (χ4v) is 3.63. The van der Waals surface area contributed by atoms with Crippen molar-refractivity contribution in [3.8, 4) is 21.7 Å². The van der Waals surface area contributed by atoms with Crippen LogP contribution in [0.5, 0.6) is 0 Å². The fourth-order valence-electron chi connectivity index (χ4n) is 2.78. The van der Waals surface area contributed by atoms with Crippen molar-refractivity contribution in [1.82, 2.24) is 4.98 Å². The van der Waals surface area contributed by atoms with Gasteiger partial charge in [-0.25, -0.2) is 4.98 Å². The van der Waals surface area contributed by atoms with Gasteiger partial charge in [0.1, 0.15) is 0 Å². The van der Waals surface area contributed by atoms with Gasteiger partial charge < -0.3 is 11.5 Å². The highest BCUT2D eigenvalue weighted by Gasteiger charge is 2.15. The highest BCUT2D eigenvalue weighted by molar-refractivity contribution is 7.19. The molecule has 23 heavy (non-hydrogen) atoms. The molecule has 0 atom stereocenters. The Morgan fingerprint density at radius 2 is 1.52 bits per heavy atom. The lowest BCUT2D eigenvalue weighted by Crippen LogP contribution is -1.87. The molecule has 1 aromatic heterocycles.